The molecule has 0 unspecified atom stereocenters. The number of nitrogens with zero attached hydrogens (tertiary/aromatic N) is 1. The number of thiophene rings is 1. The van der Waals surface area contributed by atoms with Crippen molar-refractivity contribution >= 4 is 27.9 Å². The van der Waals surface area contributed by atoms with E-state index in [1.165, 1.54) is 11.3 Å². The summed E-state index contributed by atoms with van der Waals surface area (Å²) in [5.74, 6) is 0.466. The molecule has 0 radical (unpaired) electrons. The number of nitrogens with one attached hydrogen (secondary N) is 1. The quantitative estimate of drug-likeness (QED) is 0.865. The fourth-order valence-electron chi connectivity index (χ4n) is 2.53. The van der Waals surface area contributed by atoms with Crippen LogP contribution in [0.3, 0.4) is 0 Å². The van der Waals surface area contributed by atoms with Gasteiger partial charge in [0.2, 0.25) is 0 Å². The summed E-state index contributed by atoms with van der Waals surface area (Å²) in [6.45, 7) is 4.22. The Labute approximate surface area is 129 Å². The lowest BCUT2D eigenvalue weighted by Crippen LogP contribution is -2.36. The van der Waals surface area contributed by atoms with Crippen LogP contribution in [0.15, 0.2) is 0 Å². The predicted molar refractivity (Wildman–Crippen MR) is 85.5 cm³/mol. The maximum atomic E-state index is 12.1. The smallest absolute Gasteiger partial charge is 0.263 e. The van der Waals surface area contributed by atoms with Crippen LogP contribution in [0.1, 0.15) is 29.4 Å². The number of methoxy groups -OCH3 is 2. The Bertz CT molecular complexity index is 496. The first-order valence-electron chi connectivity index (χ1n) is 7.14. The molecule has 21 heavy (non-hydrogen) atoms. The first kappa shape index (κ1) is 15.9. The van der Waals surface area contributed by atoms with E-state index in [2.05, 4.69) is 10.2 Å². The van der Waals surface area contributed by atoms with Crippen LogP contribution in [0.25, 0.3) is 0 Å². The van der Waals surface area contributed by atoms with Gasteiger partial charge in [0.15, 0.2) is 5.75 Å². The second-order valence-corrected chi connectivity index (χ2v) is 5.96. The first-order valence-corrected chi connectivity index (χ1v) is 7.96. The number of carbonyl (C=O) groups excluding carboxylic acids is 1. The van der Waals surface area contributed by atoms with Crippen molar-refractivity contribution in [1.82, 2.24) is 5.32 Å². The highest BCUT2D eigenvalue weighted by atomic mass is 32.1. The van der Waals surface area contributed by atoms with E-state index in [1.54, 1.807) is 14.2 Å². The minimum Gasteiger partial charge on any atom is -0.492 e. The SMILES string of the molecule is CCNC(=O)c1sc(N2CCC(OC)CC2)c(OC)c1N. The molecule has 118 valence electrons. The van der Waals surface area contributed by atoms with Crippen molar-refractivity contribution in [3.8, 4) is 5.75 Å². The second kappa shape index (κ2) is 7.00. The van der Waals surface area contributed by atoms with Gasteiger partial charge in [0.05, 0.1) is 13.2 Å². The van der Waals surface area contributed by atoms with Crippen molar-refractivity contribution in [3.63, 3.8) is 0 Å². The number of amides is 1. The van der Waals surface area contributed by atoms with Crippen molar-refractivity contribution in [2.45, 2.75) is 25.9 Å². The third-order valence-electron chi connectivity index (χ3n) is 3.69. The maximum Gasteiger partial charge on any atom is 0.263 e. The van der Waals surface area contributed by atoms with Gasteiger partial charge in [-0.05, 0) is 19.8 Å². The molecule has 1 fully saturated rings. The van der Waals surface area contributed by atoms with Crippen molar-refractivity contribution < 1.29 is 14.3 Å². The third kappa shape index (κ3) is 3.24. The van der Waals surface area contributed by atoms with Crippen molar-refractivity contribution in [2.75, 3.05) is 44.5 Å². The number of hydrogen-bond acceptors (Lipinski definition) is 6. The monoisotopic (exact) mass is 313 g/mol. The van der Waals surface area contributed by atoms with Crippen LogP contribution in [0.5, 0.6) is 5.75 Å². The Hall–Kier alpha value is -1.47. The fourth-order valence-corrected chi connectivity index (χ4v) is 3.68. The zero-order valence-corrected chi connectivity index (χ0v) is 13.6. The summed E-state index contributed by atoms with van der Waals surface area (Å²) in [5, 5.41) is 3.72. The number of nitrogen functional groups attached to an aromatic ring is 1. The molecule has 1 aromatic rings. The van der Waals surface area contributed by atoms with Gasteiger partial charge < -0.3 is 25.4 Å². The van der Waals surface area contributed by atoms with Crippen LogP contribution in [-0.4, -0.2) is 45.9 Å². The zero-order chi connectivity index (χ0) is 15.4. The summed E-state index contributed by atoms with van der Waals surface area (Å²) in [5.41, 5.74) is 6.51. The number of ether oxygens (including phenoxy) is 2. The van der Waals surface area contributed by atoms with Crippen molar-refractivity contribution in [2.24, 2.45) is 0 Å². The Kier molecular flexibility index (Phi) is 5.30. The van der Waals surface area contributed by atoms with Crippen LogP contribution in [0, 0.1) is 0 Å². The molecule has 0 aliphatic carbocycles. The van der Waals surface area contributed by atoms with Gasteiger partial charge in [-0.1, -0.05) is 0 Å². The number of anilines is 2. The first-order chi connectivity index (χ1) is 10.1. The van der Waals surface area contributed by atoms with Gasteiger partial charge >= 0.3 is 0 Å². The molecule has 7 heteroatoms. The number of piperidine rings is 1. The molecule has 0 spiro atoms. The molecule has 2 heterocycles. The van der Waals surface area contributed by atoms with E-state index >= 15 is 0 Å². The van der Waals surface area contributed by atoms with E-state index in [0.29, 0.717) is 29.0 Å². The lowest BCUT2D eigenvalue weighted by atomic mass is 10.1. The van der Waals surface area contributed by atoms with E-state index in [-0.39, 0.29) is 5.91 Å². The molecule has 3 N–H and O–H groups in total. The van der Waals surface area contributed by atoms with Crippen LogP contribution < -0.4 is 20.7 Å². The largest absolute Gasteiger partial charge is 0.492 e. The molecular formula is C14H23N3O3S. The van der Waals surface area contributed by atoms with Crippen LogP contribution in [0.2, 0.25) is 0 Å². The number of nitrogens with two attached hydrogens (primary N) is 1. The van der Waals surface area contributed by atoms with Gasteiger partial charge in [0.1, 0.15) is 15.6 Å². The summed E-state index contributed by atoms with van der Waals surface area (Å²) in [7, 11) is 3.34. The van der Waals surface area contributed by atoms with E-state index in [4.69, 9.17) is 15.2 Å². The van der Waals surface area contributed by atoms with Crippen LogP contribution >= 0.6 is 11.3 Å². The Balaban J connectivity index is 2.23. The van der Waals surface area contributed by atoms with Crippen LogP contribution in [-0.2, 0) is 4.74 Å². The minimum atomic E-state index is -0.142. The van der Waals surface area contributed by atoms with Gasteiger partial charge in [0, 0.05) is 26.7 Å². The summed E-state index contributed by atoms with van der Waals surface area (Å²) < 4.78 is 10.8. The highest BCUT2D eigenvalue weighted by Crippen LogP contribution is 2.45. The van der Waals surface area contributed by atoms with Crippen LogP contribution in [0.4, 0.5) is 10.7 Å². The molecule has 6 nitrogen and oxygen atoms in total. The Morgan fingerprint density at radius 1 is 1.43 bits per heavy atom. The number of rotatable bonds is 5. The lowest BCUT2D eigenvalue weighted by Gasteiger charge is -2.32. The molecule has 1 saturated heterocycles. The fraction of sp³-hybridized carbons (Fsp3) is 0.643. The van der Waals surface area contributed by atoms with Gasteiger partial charge in [-0.15, -0.1) is 11.3 Å². The van der Waals surface area contributed by atoms with E-state index in [1.807, 2.05) is 6.92 Å². The molecule has 1 aromatic heterocycles. The highest BCUT2D eigenvalue weighted by molar-refractivity contribution is 7.19. The lowest BCUT2D eigenvalue weighted by molar-refractivity contribution is 0.0819. The summed E-state index contributed by atoms with van der Waals surface area (Å²) in [6, 6.07) is 0. The zero-order valence-electron chi connectivity index (χ0n) is 12.8. The Morgan fingerprint density at radius 2 is 2.10 bits per heavy atom. The molecule has 2 rings (SSSR count). The van der Waals surface area contributed by atoms with Gasteiger partial charge in [-0.3, -0.25) is 4.79 Å². The Morgan fingerprint density at radius 3 is 2.62 bits per heavy atom. The standard InChI is InChI=1S/C14H23N3O3S/c1-4-16-13(18)12-10(15)11(20-3)14(21-12)17-7-5-9(19-2)6-8-17/h9H,4-8,15H2,1-3H3,(H,16,18). The molecule has 0 atom stereocenters. The number of carbonyl (C=O) groups is 1. The second-order valence-electron chi connectivity index (χ2n) is 4.96. The molecule has 1 amide bonds. The summed E-state index contributed by atoms with van der Waals surface area (Å²) >= 11 is 1.40. The third-order valence-corrected chi connectivity index (χ3v) is 4.94. The van der Waals surface area contributed by atoms with E-state index < -0.39 is 0 Å². The highest BCUT2D eigenvalue weighted by Gasteiger charge is 2.27. The number of hydrogen-bond donors (Lipinski definition) is 2. The van der Waals surface area contributed by atoms with Gasteiger partial charge in [0.25, 0.3) is 5.91 Å². The topological polar surface area (TPSA) is 76.8 Å². The van der Waals surface area contributed by atoms with Crippen molar-refractivity contribution in [3.05, 3.63) is 4.88 Å². The molecule has 0 bridgehead atoms. The predicted octanol–water partition coefficient (Wildman–Crippen LogP) is 1.70. The molecule has 0 aromatic carbocycles. The molecular weight excluding hydrogens is 290 g/mol. The molecule has 1 aliphatic heterocycles. The van der Waals surface area contributed by atoms with E-state index in [9.17, 15) is 4.79 Å². The van der Waals surface area contributed by atoms with Gasteiger partial charge in [-0.2, -0.15) is 0 Å². The van der Waals surface area contributed by atoms with Crippen molar-refractivity contribution in [1.29, 1.82) is 0 Å². The van der Waals surface area contributed by atoms with Gasteiger partial charge in [-0.25, -0.2) is 0 Å². The molecule has 1 aliphatic rings. The average molecular weight is 313 g/mol. The summed E-state index contributed by atoms with van der Waals surface area (Å²) in [6.07, 6.45) is 2.24. The minimum absolute atomic E-state index is 0.142. The maximum absolute atomic E-state index is 12.1. The normalized spacial score (nSPS) is 16.0. The molecule has 0 saturated carbocycles. The van der Waals surface area contributed by atoms with E-state index in [0.717, 1.165) is 30.9 Å². The average Bonchev–Trinajstić information content (AvgIpc) is 2.84. The summed E-state index contributed by atoms with van der Waals surface area (Å²) in [4.78, 5) is 14.8.